The van der Waals surface area contributed by atoms with E-state index in [-0.39, 0.29) is 0 Å². The number of benzene rings is 1. The van der Waals surface area contributed by atoms with Gasteiger partial charge in [0.2, 0.25) is 0 Å². The minimum absolute atomic E-state index is 0.443. The van der Waals surface area contributed by atoms with Crippen LogP contribution in [0.5, 0.6) is 0 Å². The number of nitrogens with zero attached hydrogens (tertiary/aromatic N) is 1. The number of piperidine rings is 2. The molecule has 3 nitrogen and oxygen atoms in total. The van der Waals surface area contributed by atoms with E-state index in [0.29, 0.717) is 11.5 Å². The maximum Gasteiger partial charge on any atom is 0.336 e. The molecule has 2 fully saturated rings. The van der Waals surface area contributed by atoms with Gasteiger partial charge in [-0.25, -0.2) is 4.79 Å². The van der Waals surface area contributed by atoms with Gasteiger partial charge in [0.25, 0.3) is 0 Å². The summed E-state index contributed by atoms with van der Waals surface area (Å²) in [4.78, 5) is 14.9. The third kappa shape index (κ3) is 3.43. The van der Waals surface area contributed by atoms with Crippen LogP contribution in [-0.2, 0) is 0 Å². The molecular formula is C17H23NO2S. The first-order chi connectivity index (χ1) is 10.3. The molecule has 0 aromatic heterocycles. The Morgan fingerprint density at radius 3 is 2.86 bits per heavy atom. The number of fused-ring (bicyclic) bond motifs is 1. The molecule has 4 heteroatoms. The van der Waals surface area contributed by atoms with E-state index in [1.165, 1.54) is 45.2 Å². The van der Waals surface area contributed by atoms with Crippen molar-refractivity contribution in [1.29, 1.82) is 0 Å². The Hall–Kier alpha value is -1.00. The number of carboxylic acid groups (broad SMARTS) is 1. The SMILES string of the molecule is O=C(O)c1ccccc1SC[C@@H]1CCCN2CCCC[C@H]12. The molecular weight excluding hydrogens is 282 g/mol. The van der Waals surface area contributed by atoms with E-state index in [1.54, 1.807) is 23.9 Å². The molecule has 2 heterocycles. The van der Waals surface area contributed by atoms with E-state index in [0.717, 1.165) is 16.7 Å². The van der Waals surface area contributed by atoms with Crippen molar-refractivity contribution in [2.24, 2.45) is 5.92 Å². The molecule has 1 aromatic carbocycles. The fraction of sp³-hybridized carbons (Fsp3) is 0.588. The van der Waals surface area contributed by atoms with Crippen molar-refractivity contribution in [3.63, 3.8) is 0 Å². The molecule has 1 aromatic rings. The minimum atomic E-state index is -0.818. The summed E-state index contributed by atoms with van der Waals surface area (Å²) < 4.78 is 0. The molecule has 0 aliphatic carbocycles. The van der Waals surface area contributed by atoms with Gasteiger partial charge in [0.15, 0.2) is 0 Å². The van der Waals surface area contributed by atoms with Gasteiger partial charge < -0.3 is 10.0 Å². The first-order valence-electron chi connectivity index (χ1n) is 7.95. The average Bonchev–Trinajstić information content (AvgIpc) is 2.53. The van der Waals surface area contributed by atoms with Crippen molar-refractivity contribution < 1.29 is 9.90 Å². The molecule has 1 N–H and O–H groups in total. The average molecular weight is 305 g/mol. The summed E-state index contributed by atoms with van der Waals surface area (Å²) in [6.07, 6.45) is 6.61. The van der Waals surface area contributed by atoms with Crippen LogP contribution in [0.2, 0.25) is 0 Å². The van der Waals surface area contributed by atoms with Gasteiger partial charge in [0.1, 0.15) is 0 Å². The summed E-state index contributed by atoms with van der Waals surface area (Å²) in [5.41, 5.74) is 0.443. The van der Waals surface area contributed by atoms with Crippen LogP contribution in [0.15, 0.2) is 29.2 Å². The van der Waals surface area contributed by atoms with E-state index >= 15 is 0 Å². The Balaban J connectivity index is 1.65. The number of carbonyl (C=O) groups is 1. The molecule has 0 saturated carbocycles. The van der Waals surface area contributed by atoms with E-state index < -0.39 is 5.97 Å². The highest BCUT2D eigenvalue weighted by Gasteiger charge is 2.32. The molecule has 3 rings (SSSR count). The van der Waals surface area contributed by atoms with Crippen molar-refractivity contribution in [3.05, 3.63) is 29.8 Å². The lowest BCUT2D eigenvalue weighted by Gasteiger charge is -2.44. The maximum absolute atomic E-state index is 11.3. The monoisotopic (exact) mass is 305 g/mol. The van der Waals surface area contributed by atoms with Gasteiger partial charge in [-0.1, -0.05) is 18.6 Å². The molecule has 0 unspecified atom stereocenters. The molecule has 2 aliphatic heterocycles. The summed E-state index contributed by atoms with van der Waals surface area (Å²) >= 11 is 1.73. The van der Waals surface area contributed by atoms with Crippen LogP contribution < -0.4 is 0 Å². The zero-order valence-electron chi connectivity index (χ0n) is 12.3. The third-order valence-corrected chi connectivity index (χ3v) is 6.06. The Kier molecular flexibility index (Phi) is 4.86. The molecule has 0 bridgehead atoms. The highest BCUT2D eigenvalue weighted by atomic mass is 32.2. The minimum Gasteiger partial charge on any atom is -0.478 e. The third-order valence-electron chi connectivity index (χ3n) is 4.80. The van der Waals surface area contributed by atoms with E-state index in [2.05, 4.69) is 4.90 Å². The molecule has 2 aliphatic rings. The Labute approximate surface area is 130 Å². The highest BCUT2D eigenvalue weighted by Crippen LogP contribution is 2.35. The largest absolute Gasteiger partial charge is 0.478 e. The second-order valence-corrected chi connectivity index (χ2v) is 7.18. The van der Waals surface area contributed by atoms with Gasteiger partial charge >= 0.3 is 5.97 Å². The van der Waals surface area contributed by atoms with E-state index in [1.807, 2.05) is 12.1 Å². The van der Waals surface area contributed by atoms with Crippen molar-refractivity contribution in [2.45, 2.75) is 43.0 Å². The predicted molar refractivity (Wildman–Crippen MR) is 86.1 cm³/mol. The lowest BCUT2D eigenvalue weighted by atomic mass is 9.85. The number of thioether (sulfide) groups is 1. The van der Waals surface area contributed by atoms with Crippen LogP contribution in [0.3, 0.4) is 0 Å². The second kappa shape index (κ2) is 6.84. The topological polar surface area (TPSA) is 40.5 Å². The number of rotatable bonds is 4. The Morgan fingerprint density at radius 2 is 2.00 bits per heavy atom. The van der Waals surface area contributed by atoms with Crippen LogP contribution in [0.1, 0.15) is 42.5 Å². The van der Waals surface area contributed by atoms with E-state index in [4.69, 9.17) is 0 Å². The standard InChI is InChI=1S/C17H23NO2S/c19-17(20)14-7-1-2-9-16(14)21-12-13-6-5-11-18-10-4-3-8-15(13)18/h1-2,7,9,13,15H,3-6,8,10-12H2,(H,19,20)/t13-,15+/m0/s1. The van der Waals surface area contributed by atoms with E-state index in [9.17, 15) is 9.90 Å². The van der Waals surface area contributed by atoms with Gasteiger partial charge in [0.05, 0.1) is 5.56 Å². The van der Waals surface area contributed by atoms with Crippen molar-refractivity contribution in [3.8, 4) is 0 Å². The van der Waals surface area contributed by atoms with Crippen LogP contribution >= 0.6 is 11.8 Å². The zero-order chi connectivity index (χ0) is 14.7. The molecule has 2 atom stereocenters. The van der Waals surface area contributed by atoms with Crippen LogP contribution in [0.4, 0.5) is 0 Å². The summed E-state index contributed by atoms with van der Waals surface area (Å²) in [7, 11) is 0. The normalized spacial score (nSPS) is 26.3. The summed E-state index contributed by atoms with van der Waals surface area (Å²) in [6, 6.07) is 8.12. The summed E-state index contributed by atoms with van der Waals surface area (Å²) in [5, 5.41) is 9.27. The molecule has 2 saturated heterocycles. The number of hydrogen-bond donors (Lipinski definition) is 1. The zero-order valence-corrected chi connectivity index (χ0v) is 13.1. The summed E-state index contributed by atoms with van der Waals surface area (Å²) in [5.74, 6) is 0.942. The van der Waals surface area contributed by atoms with Gasteiger partial charge in [-0.3, -0.25) is 0 Å². The smallest absolute Gasteiger partial charge is 0.336 e. The van der Waals surface area contributed by atoms with Crippen LogP contribution in [-0.4, -0.2) is 40.9 Å². The van der Waals surface area contributed by atoms with Crippen LogP contribution in [0.25, 0.3) is 0 Å². The molecule has 0 radical (unpaired) electrons. The fourth-order valence-electron chi connectivity index (χ4n) is 3.74. The first-order valence-corrected chi connectivity index (χ1v) is 8.93. The van der Waals surface area contributed by atoms with Crippen LogP contribution in [0, 0.1) is 5.92 Å². The van der Waals surface area contributed by atoms with Gasteiger partial charge in [0, 0.05) is 16.7 Å². The van der Waals surface area contributed by atoms with Crippen molar-refractivity contribution >= 4 is 17.7 Å². The number of aromatic carboxylic acids is 1. The van der Waals surface area contributed by atoms with Gasteiger partial charge in [-0.15, -0.1) is 11.8 Å². The van der Waals surface area contributed by atoms with Gasteiger partial charge in [-0.05, 0) is 56.8 Å². The highest BCUT2D eigenvalue weighted by molar-refractivity contribution is 7.99. The Morgan fingerprint density at radius 1 is 1.19 bits per heavy atom. The van der Waals surface area contributed by atoms with Crippen molar-refractivity contribution in [1.82, 2.24) is 4.90 Å². The number of carboxylic acids is 1. The molecule has 114 valence electrons. The molecule has 21 heavy (non-hydrogen) atoms. The lowest BCUT2D eigenvalue weighted by Crippen LogP contribution is -2.48. The predicted octanol–water partition coefficient (Wildman–Crippen LogP) is 3.74. The number of hydrogen-bond acceptors (Lipinski definition) is 3. The molecule has 0 amide bonds. The first kappa shape index (κ1) is 14.9. The second-order valence-electron chi connectivity index (χ2n) is 6.11. The lowest BCUT2D eigenvalue weighted by molar-refractivity contribution is 0.0689. The quantitative estimate of drug-likeness (QED) is 0.860. The Bertz CT molecular complexity index is 503. The summed E-state index contributed by atoms with van der Waals surface area (Å²) in [6.45, 7) is 2.52. The maximum atomic E-state index is 11.3. The fourth-order valence-corrected chi connectivity index (χ4v) is 5.01. The van der Waals surface area contributed by atoms with Gasteiger partial charge in [-0.2, -0.15) is 0 Å². The molecule has 0 spiro atoms. The van der Waals surface area contributed by atoms with Crippen molar-refractivity contribution in [2.75, 3.05) is 18.8 Å².